The minimum atomic E-state index is -1.07. The van der Waals surface area contributed by atoms with Crippen LogP contribution in [0, 0.1) is 28.6 Å². The molecule has 4 N–H and O–H groups in total. The number of benzene rings is 1. The number of hydrogen-bond acceptors (Lipinski definition) is 9. The van der Waals surface area contributed by atoms with Crippen LogP contribution in [0.4, 0.5) is 0 Å². The molecule has 7 rings (SSSR count). The average Bonchev–Trinajstić information content (AvgIpc) is 3.58. The molecule has 2 aliphatic heterocycles. The van der Waals surface area contributed by atoms with Crippen LogP contribution in [0.15, 0.2) is 47.0 Å². The van der Waals surface area contributed by atoms with Crippen molar-refractivity contribution in [2.24, 2.45) is 33.6 Å². The number of carbonyl (C=O) groups is 1. The Labute approximate surface area is 272 Å². The van der Waals surface area contributed by atoms with Gasteiger partial charge in [0, 0.05) is 42.5 Å². The second-order valence-corrected chi connectivity index (χ2v) is 15.5. The molecule has 9 nitrogen and oxygen atoms in total. The van der Waals surface area contributed by atoms with Gasteiger partial charge in [0.2, 0.25) is 0 Å². The number of ether oxygens (including phenoxy) is 3. The van der Waals surface area contributed by atoms with Gasteiger partial charge in [-0.15, -0.1) is 0 Å². The van der Waals surface area contributed by atoms with Crippen LogP contribution in [0.2, 0.25) is 0 Å². The Morgan fingerprint density at radius 2 is 1.80 bits per heavy atom. The molecule has 0 spiro atoms. The van der Waals surface area contributed by atoms with Crippen molar-refractivity contribution >= 4 is 12.2 Å². The fourth-order valence-corrected chi connectivity index (χ4v) is 10.9. The van der Waals surface area contributed by atoms with Crippen molar-refractivity contribution < 1.29 is 39.4 Å². The van der Waals surface area contributed by atoms with Gasteiger partial charge in [-0.2, -0.15) is 0 Å². The lowest BCUT2D eigenvalue weighted by molar-refractivity contribution is -0.282. The van der Waals surface area contributed by atoms with Crippen molar-refractivity contribution in [3.05, 3.63) is 47.5 Å². The van der Waals surface area contributed by atoms with E-state index in [9.17, 15) is 25.2 Å². The van der Waals surface area contributed by atoms with E-state index in [1.807, 2.05) is 18.2 Å². The van der Waals surface area contributed by atoms with E-state index in [-0.39, 0.29) is 41.7 Å². The number of rotatable bonds is 7. The van der Waals surface area contributed by atoms with Gasteiger partial charge in [0.1, 0.15) is 12.7 Å². The summed E-state index contributed by atoms with van der Waals surface area (Å²) >= 11 is 0. The first kappa shape index (κ1) is 32.4. The fraction of sp³-hybridized carbons (Fsp3) is 0.730. The molecule has 4 aliphatic carbocycles. The van der Waals surface area contributed by atoms with E-state index in [2.05, 4.69) is 25.3 Å². The zero-order valence-electron chi connectivity index (χ0n) is 27.2. The molecule has 1 aromatic rings. The van der Waals surface area contributed by atoms with Crippen molar-refractivity contribution in [2.75, 3.05) is 13.2 Å². The topological polar surface area (TPSA) is 138 Å². The highest BCUT2D eigenvalue weighted by molar-refractivity contribution is 5.85. The lowest BCUT2D eigenvalue weighted by atomic mass is 9.41. The molecule has 46 heavy (non-hydrogen) atoms. The summed E-state index contributed by atoms with van der Waals surface area (Å²) in [5.41, 5.74) is -0.707. The summed E-state index contributed by atoms with van der Waals surface area (Å²) in [5.74, 6) is -0.110. The lowest BCUT2D eigenvalue weighted by Gasteiger charge is -2.66. The highest BCUT2D eigenvalue weighted by Gasteiger charge is 2.71. The Morgan fingerprint density at radius 3 is 2.54 bits per heavy atom. The van der Waals surface area contributed by atoms with E-state index in [1.54, 1.807) is 13.0 Å². The predicted octanol–water partition coefficient (Wildman–Crippen LogP) is 3.89. The predicted molar refractivity (Wildman–Crippen MR) is 171 cm³/mol. The maximum Gasteiger partial charge on any atom is 0.331 e. The van der Waals surface area contributed by atoms with Crippen LogP contribution >= 0.6 is 0 Å². The third-order valence-corrected chi connectivity index (χ3v) is 13.3. The highest BCUT2D eigenvalue weighted by atomic mass is 16.7. The van der Waals surface area contributed by atoms with Crippen LogP contribution in [-0.2, 0) is 25.4 Å². The van der Waals surface area contributed by atoms with E-state index < -0.39 is 41.2 Å². The van der Waals surface area contributed by atoms with Crippen LogP contribution in [0.5, 0.6) is 0 Å². The number of fused-ring (bicyclic) bond motifs is 5. The van der Waals surface area contributed by atoms with Gasteiger partial charge in [-0.1, -0.05) is 37.3 Å². The Morgan fingerprint density at radius 1 is 1.02 bits per heavy atom. The first-order valence-corrected chi connectivity index (χ1v) is 17.5. The van der Waals surface area contributed by atoms with Gasteiger partial charge in [-0.05, 0) is 93.6 Å². The van der Waals surface area contributed by atoms with Crippen LogP contribution in [-0.4, -0.2) is 87.7 Å². The highest BCUT2D eigenvalue weighted by Crippen LogP contribution is 2.70. The van der Waals surface area contributed by atoms with Gasteiger partial charge in [-0.3, -0.25) is 4.99 Å². The number of nitrogens with zero attached hydrogens (tertiary/aromatic N) is 1. The van der Waals surface area contributed by atoms with Crippen molar-refractivity contribution in [1.29, 1.82) is 0 Å². The van der Waals surface area contributed by atoms with Gasteiger partial charge in [0.05, 0.1) is 29.5 Å². The molecule has 0 radical (unpaired) electrons. The van der Waals surface area contributed by atoms with Crippen molar-refractivity contribution in [3.8, 4) is 0 Å². The first-order chi connectivity index (χ1) is 22.0. The molecule has 5 fully saturated rings. The third kappa shape index (κ3) is 5.21. The molecule has 9 heteroatoms. The second-order valence-electron chi connectivity index (χ2n) is 15.5. The third-order valence-electron chi connectivity index (χ3n) is 13.3. The summed E-state index contributed by atoms with van der Waals surface area (Å²) in [6, 6.07) is 10.3. The summed E-state index contributed by atoms with van der Waals surface area (Å²) < 4.78 is 17.6. The Kier molecular flexibility index (Phi) is 8.51. The summed E-state index contributed by atoms with van der Waals surface area (Å²) in [4.78, 5) is 17.0. The maximum absolute atomic E-state index is 12.7. The van der Waals surface area contributed by atoms with Crippen LogP contribution in [0.25, 0.3) is 0 Å². The second kappa shape index (κ2) is 12.1. The summed E-state index contributed by atoms with van der Waals surface area (Å²) in [7, 11) is 0. The lowest BCUT2D eigenvalue weighted by Crippen LogP contribution is -2.69. The largest absolute Gasteiger partial charge is 0.458 e. The molecule has 0 unspecified atom stereocenters. The van der Waals surface area contributed by atoms with E-state index >= 15 is 0 Å². The summed E-state index contributed by atoms with van der Waals surface area (Å²) in [6.07, 6.45) is 7.68. The van der Waals surface area contributed by atoms with Crippen molar-refractivity contribution in [1.82, 2.24) is 0 Å². The van der Waals surface area contributed by atoms with E-state index in [0.717, 1.165) is 31.3 Å². The van der Waals surface area contributed by atoms with Gasteiger partial charge in [0.25, 0.3) is 0 Å². The summed E-state index contributed by atoms with van der Waals surface area (Å²) in [6.45, 7) is 4.90. The normalized spacial score (nSPS) is 47.2. The molecule has 1 saturated heterocycles. The molecule has 6 aliphatic rings. The minimum absolute atomic E-state index is 0.00681. The standard InChI is InChI=1S/C37H51NO8/c1-23-33(41)30(39)19-32(45-23)46-26-8-14-35(22-38-17-12-24-6-4-3-5-7-24)28-9-13-34(2)27(25-18-31(40)44-21-25)11-16-37(34,43)29(28)10-15-36(35,42)20-26/h3-7,18,22-23,26-30,32-33,39,41-43H,8-17,19-21H2,1-2H3/t23-,26-,27-,28+,29-,30-,32+,33+,34-,35+,36+,37-/m1/s1. The Balaban J connectivity index is 1.16. The van der Waals surface area contributed by atoms with Gasteiger partial charge >= 0.3 is 5.97 Å². The minimum Gasteiger partial charge on any atom is -0.458 e. The SMILES string of the molecule is C[C@H]1O[C@@H](O[C@@H]2CC[C@]3(C=NCCc4ccccc4)[C@H]4CC[C@]5(C)[C@@H](C6=CC(=O)OC6)CC[C@@]5(O)[C@@H]4CC[C@]3(O)C2)C[C@@H](O)[C@H]1O. The monoisotopic (exact) mass is 637 g/mol. The van der Waals surface area contributed by atoms with E-state index in [0.29, 0.717) is 51.7 Å². The molecule has 0 aromatic heterocycles. The van der Waals surface area contributed by atoms with Crippen LogP contribution in [0.3, 0.4) is 0 Å². The van der Waals surface area contributed by atoms with Gasteiger partial charge < -0.3 is 34.6 Å². The zero-order valence-corrected chi connectivity index (χ0v) is 27.2. The fourth-order valence-electron chi connectivity index (χ4n) is 10.9. The molecular weight excluding hydrogens is 586 g/mol. The molecule has 1 aromatic carbocycles. The Hall–Kier alpha value is -2.14. The van der Waals surface area contributed by atoms with Crippen LogP contribution < -0.4 is 0 Å². The number of aliphatic hydroxyl groups excluding tert-OH is 2. The van der Waals surface area contributed by atoms with Crippen molar-refractivity contribution in [2.45, 2.75) is 126 Å². The maximum atomic E-state index is 12.7. The molecule has 12 atom stereocenters. The number of carbonyl (C=O) groups excluding carboxylic acids is 1. The smallest absolute Gasteiger partial charge is 0.331 e. The molecule has 2 heterocycles. The Bertz CT molecular complexity index is 1340. The average molecular weight is 638 g/mol. The summed E-state index contributed by atoms with van der Waals surface area (Å²) in [5, 5.41) is 46.0. The van der Waals surface area contributed by atoms with E-state index in [4.69, 9.17) is 19.2 Å². The number of cyclic esters (lactones) is 1. The van der Waals surface area contributed by atoms with Crippen LogP contribution in [0.1, 0.15) is 83.6 Å². The number of hydrogen-bond donors (Lipinski definition) is 4. The molecular formula is C37H51NO8. The molecule has 0 bridgehead atoms. The number of aliphatic hydroxyl groups is 4. The van der Waals surface area contributed by atoms with E-state index in [1.165, 1.54) is 5.56 Å². The quantitative estimate of drug-likeness (QED) is 0.201. The van der Waals surface area contributed by atoms with Crippen molar-refractivity contribution in [3.63, 3.8) is 0 Å². The first-order valence-electron chi connectivity index (χ1n) is 17.5. The van der Waals surface area contributed by atoms with Gasteiger partial charge in [0.15, 0.2) is 6.29 Å². The molecule has 252 valence electrons. The number of aliphatic imine (C=N–C) groups is 1. The zero-order chi connectivity index (χ0) is 32.3. The van der Waals surface area contributed by atoms with Gasteiger partial charge in [-0.25, -0.2) is 4.79 Å². The molecule has 4 saturated carbocycles. The molecule has 0 amide bonds. The number of esters is 1.